The maximum absolute atomic E-state index is 9.91. The van der Waals surface area contributed by atoms with E-state index in [1.165, 1.54) is 0 Å². The van der Waals surface area contributed by atoms with Crippen LogP contribution in [0.4, 0.5) is 5.69 Å². The van der Waals surface area contributed by atoms with Gasteiger partial charge >= 0.3 is 0 Å². The van der Waals surface area contributed by atoms with Gasteiger partial charge in [-0.15, -0.1) is 0 Å². The Morgan fingerprint density at radius 3 is 2.62 bits per heavy atom. The number of nitrogens with one attached hydrogen (secondary N) is 1. The van der Waals surface area contributed by atoms with E-state index in [0.717, 1.165) is 11.3 Å². The molecule has 2 rings (SSSR count). The van der Waals surface area contributed by atoms with Gasteiger partial charge in [0.05, 0.1) is 6.10 Å². The fourth-order valence-corrected chi connectivity index (χ4v) is 1.51. The van der Waals surface area contributed by atoms with Crippen molar-refractivity contribution in [2.24, 2.45) is 0 Å². The molecule has 2 heteroatoms. The first-order chi connectivity index (χ1) is 7.86. The summed E-state index contributed by atoms with van der Waals surface area (Å²) in [6, 6.07) is 20.2. The second-order valence-corrected chi connectivity index (χ2v) is 3.60. The van der Waals surface area contributed by atoms with Crippen molar-refractivity contribution in [1.29, 1.82) is 0 Å². The molecule has 0 spiro atoms. The molecule has 0 aliphatic heterocycles. The topological polar surface area (TPSA) is 32.3 Å². The zero-order chi connectivity index (χ0) is 11.2. The third kappa shape index (κ3) is 2.84. The Morgan fingerprint density at radius 1 is 1.12 bits per heavy atom. The smallest absolute Gasteiger partial charge is 0.0962 e. The van der Waals surface area contributed by atoms with Gasteiger partial charge in [0.2, 0.25) is 0 Å². The summed E-state index contributed by atoms with van der Waals surface area (Å²) in [4.78, 5) is 0. The van der Waals surface area contributed by atoms with Crippen LogP contribution in [0.2, 0.25) is 0 Å². The van der Waals surface area contributed by atoms with Gasteiger partial charge in [0, 0.05) is 12.2 Å². The summed E-state index contributed by atoms with van der Waals surface area (Å²) in [5, 5.41) is 13.1. The van der Waals surface area contributed by atoms with Gasteiger partial charge < -0.3 is 10.4 Å². The Bertz CT molecular complexity index is 413. The zero-order valence-electron chi connectivity index (χ0n) is 8.93. The van der Waals surface area contributed by atoms with Crippen LogP contribution in [0.1, 0.15) is 11.7 Å². The lowest BCUT2D eigenvalue weighted by Crippen LogP contribution is -2.11. The Kier molecular flexibility index (Phi) is 3.57. The van der Waals surface area contributed by atoms with Crippen molar-refractivity contribution in [2.45, 2.75) is 6.10 Å². The second kappa shape index (κ2) is 5.33. The monoisotopic (exact) mass is 212 g/mol. The van der Waals surface area contributed by atoms with Crippen molar-refractivity contribution in [3.8, 4) is 0 Å². The van der Waals surface area contributed by atoms with Gasteiger partial charge in [-0.2, -0.15) is 0 Å². The molecule has 2 nitrogen and oxygen atoms in total. The molecule has 16 heavy (non-hydrogen) atoms. The molecule has 0 aliphatic carbocycles. The highest BCUT2D eigenvalue weighted by molar-refractivity contribution is 5.42. The minimum absolute atomic E-state index is 0.485. The van der Waals surface area contributed by atoms with Gasteiger partial charge in [-0.1, -0.05) is 42.5 Å². The van der Waals surface area contributed by atoms with E-state index in [1.807, 2.05) is 54.6 Å². The third-order valence-electron chi connectivity index (χ3n) is 2.39. The molecule has 0 aliphatic rings. The average molecular weight is 212 g/mol. The maximum Gasteiger partial charge on any atom is 0.0962 e. The van der Waals surface area contributed by atoms with E-state index >= 15 is 0 Å². The van der Waals surface area contributed by atoms with Crippen molar-refractivity contribution >= 4 is 5.69 Å². The zero-order valence-corrected chi connectivity index (χ0v) is 8.93. The van der Waals surface area contributed by atoms with Crippen LogP contribution in [-0.4, -0.2) is 11.7 Å². The minimum Gasteiger partial charge on any atom is -0.387 e. The van der Waals surface area contributed by atoms with Gasteiger partial charge in [0.15, 0.2) is 0 Å². The fraction of sp³-hybridized carbons (Fsp3) is 0.143. The van der Waals surface area contributed by atoms with E-state index in [1.54, 1.807) is 0 Å². The lowest BCUT2D eigenvalue weighted by atomic mass is 10.1. The predicted octanol–water partition coefficient (Wildman–Crippen LogP) is 2.63. The normalized spacial score (nSPS) is 12.1. The van der Waals surface area contributed by atoms with E-state index in [0.29, 0.717) is 6.54 Å². The van der Waals surface area contributed by atoms with E-state index in [9.17, 15) is 5.11 Å². The molecule has 2 aromatic carbocycles. The fourth-order valence-electron chi connectivity index (χ4n) is 1.51. The molecule has 0 bridgehead atoms. The molecule has 0 saturated heterocycles. The first kappa shape index (κ1) is 10.7. The number of hydrogen-bond donors (Lipinski definition) is 2. The molecule has 1 radical (unpaired) electrons. The Balaban J connectivity index is 1.92. The van der Waals surface area contributed by atoms with Gasteiger partial charge in [0.25, 0.3) is 0 Å². The molecular formula is C14H14NO. The molecule has 2 N–H and O–H groups in total. The Labute approximate surface area is 95.6 Å². The highest BCUT2D eigenvalue weighted by atomic mass is 16.3. The molecule has 0 amide bonds. The molecule has 0 fully saturated rings. The van der Waals surface area contributed by atoms with Crippen LogP contribution in [0.25, 0.3) is 0 Å². The van der Waals surface area contributed by atoms with Crippen LogP contribution in [0.3, 0.4) is 0 Å². The highest BCUT2D eigenvalue weighted by Gasteiger charge is 2.05. The standard InChI is InChI=1S/C14H14NO/c16-14(12-7-3-1-4-8-12)11-15-13-9-5-2-6-10-13/h1-5,7-10,14-16H,11H2/t14-/m0/s1. The number of benzene rings is 2. The molecule has 81 valence electrons. The lowest BCUT2D eigenvalue weighted by Gasteiger charge is -2.12. The summed E-state index contributed by atoms with van der Waals surface area (Å²) >= 11 is 0. The minimum atomic E-state index is -0.485. The first-order valence-electron chi connectivity index (χ1n) is 5.29. The summed E-state index contributed by atoms with van der Waals surface area (Å²) in [5.74, 6) is 0. The maximum atomic E-state index is 9.91. The van der Waals surface area contributed by atoms with E-state index in [-0.39, 0.29) is 0 Å². The van der Waals surface area contributed by atoms with Crippen LogP contribution in [0.15, 0.2) is 54.6 Å². The van der Waals surface area contributed by atoms with Crippen molar-refractivity contribution in [2.75, 3.05) is 11.9 Å². The van der Waals surface area contributed by atoms with Gasteiger partial charge in [-0.25, -0.2) is 0 Å². The largest absolute Gasteiger partial charge is 0.387 e. The van der Waals surface area contributed by atoms with Crippen molar-refractivity contribution in [3.05, 3.63) is 66.2 Å². The number of aliphatic hydroxyl groups is 1. The van der Waals surface area contributed by atoms with E-state index in [2.05, 4.69) is 11.4 Å². The Hall–Kier alpha value is -1.80. The third-order valence-corrected chi connectivity index (χ3v) is 2.39. The Morgan fingerprint density at radius 2 is 1.94 bits per heavy atom. The van der Waals surface area contributed by atoms with Crippen LogP contribution in [0, 0.1) is 6.07 Å². The highest BCUT2D eigenvalue weighted by Crippen LogP contribution is 2.13. The van der Waals surface area contributed by atoms with E-state index < -0.39 is 6.10 Å². The molecule has 0 unspecified atom stereocenters. The molecule has 0 saturated carbocycles. The summed E-state index contributed by atoms with van der Waals surface area (Å²) in [6.45, 7) is 0.502. The summed E-state index contributed by atoms with van der Waals surface area (Å²) < 4.78 is 0. The number of hydrogen-bond acceptors (Lipinski definition) is 2. The average Bonchev–Trinajstić information content (AvgIpc) is 2.38. The lowest BCUT2D eigenvalue weighted by molar-refractivity contribution is 0.191. The SMILES string of the molecule is O[C@@H](CNc1c[c]ccc1)c1ccccc1. The molecule has 2 aromatic rings. The quantitative estimate of drug-likeness (QED) is 0.816. The first-order valence-corrected chi connectivity index (χ1v) is 5.29. The number of aliphatic hydroxyl groups excluding tert-OH is 1. The summed E-state index contributed by atoms with van der Waals surface area (Å²) in [5.41, 5.74) is 1.90. The number of anilines is 1. The van der Waals surface area contributed by atoms with E-state index in [4.69, 9.17) is 0 Å². The molecule has 0 aromatic heterocycles. The van der Waals surface area contributed by atoms with Crippen LogP contribution in [-0.2, 0) is 0 Å². The van der Waals surface area contributed by atoms with Crippen LogP contribution >= 0.6 is 0 Å². The van der Waals surface area contributed by atoms with Crippen LogP contribution < -0.4 is 5.32 Å². The van der Waals surface area contributed by atoms with Gasteiger partial charge in [-0.05, 0) is 23.8 Å². The molecular weight excluding hydrogens is 198 g/mol. The summed E-state index contributed by atoms with van der Waals surface area (Å²) in [7, 11) is 0. The van der Waals surface area contributed by atoms with Crippen LogP contribution in [0.5, 0.6) is 0 Å². The molecule has 0 heterocycles. The van der Waals surface area contributed by atoms with Gasteiger partial charge in [0.1, 0.15) is 0 Å². The van der Waals surface area contributed by atoms with Crippen molar-refractivity contribution in [3.63, 3.8) is 0 Å². The van der Waals surface area contributed by atoms with Gasteiger partial charge in [-0.3, -0.25) is 0 Å². The van der Waals surface area contributed by atoms with Crippen molar-refractivity contribution in [1.82, 2.24) is 0 Å². The number of rotatable bonds is 4. The van der Waals surface area contributed by atoms with Crippen molar-refractivity contribution < 1.29 is 5.11 Å². The summed E-state index contributed by atoms with van der Waals surface area (Å²) in [6.07, 6.45) is -0.485. The molecule has 1 atom stereocenters. The second-order valence-electron chi connectivity index (χ2n) is 3.60. The predicted molar refractivity (Wildman–Crippen MR) is 65.2 cm³/mol.